The fraction of sp³-hybridized carbons (Fsp3) is 0.706. The van der Waals surface area contributed by atoms with Crippen molar-refractivity contribution in [2.45, 2.75) is 44.1 Å². The Bertz CT molecular complexity index is 655. The van der Waals surface area contributed by atoms with Gasteiger partial charge >= 0.3 is 0 Å². The quantitative estimate of drug-likeness (QED) is 0.827. The SMILES string of the molecule is CS(=O)(=O)N1CCN(C(=O)CC2(n3cccc3)CCCCC2)CC1. The van der Waals surface area contributed by atoms with E-state index in [1.807, 2.05) is 17.0 Å². The molecule has 0 unspecified atom stereocenters. The van der Waals surface area contributed by atoms with Crippen LogP contribution >= 0.6 is 0 Å². The van der Waals surface area contributed by atoms with Crippen molar-refractivity contribution in [3.63, 3.8) is 0 Å². The van der Waals surface area contributed by atoms with E-state index in [2.05, 4.69) is 17.0 Å². The van der Waals surface area contributed by atoms with E-state index < -0.39 is 10.0 Å². The third-order valence-corrected chi connectivity index (χ3v) is 6.78. The van der Waals surface area contributed by atoms with E-state index in [0.29, 0.717) is 32.6 Å². The average Bonchev–Trinajstić information content (AvgIpc) is 3.10. The maximum absolute atomic E-state index is 12.9. The molecule has 1 aliphatic carbocycles. The summed E-state index contributed by atoms with van der Waals surface area (Å²) in [5.74, 6) is 0.152. The molecular weight excluding hydrogens is 326 g/mol. The number of carbonyl (C=O) groups excluding carboxylic acids is 1. The van der Waals surface area contributed by atoms with Crippen LogP contribution in [0, 0.1) is 0 Å². The molecule has 1 aromatic rings. The first-order valence-electron chi connectivity index (χ1n) is 8.77. The molecule has 1 saturated carbocycles. The number of sulfonamides is 1. The van der Waals surface area contributed by atoms with Crippen LogP contribution in [0.2, 0.25) is 0 Å². The Kier molecular flexibility index (Phi) is 5.01. The Morgan fingerprint density at radius 1 is 1.00 bits per heavy atom. The molecule has 0 spiro atoms. The smallest absolute Gasteiger partial charge is 0.225 e. The Hall–Kier alpha value is -1.34. The number of hydrogen-bond acceptors (Lipinski definition) is 3. The van der Waals surface area contributed by atoms with Gasteiger partial charge in [0.1, 0.15) is 0 Å². The van der Waals surface area contributed by atoms with Crippen LogP contribution in [0.25, 0.3) is 0 Å². The molecule has 0 aromatic carbocycles. The van der Waals surface area contributed by atoms with Crippen LogP contribution in [0.15, 0.2) is 24.5 Å². The highest BCUT2D eigenvalue weighted by Crippen LogP contribution is 2.38. The summed E-state index contributed by atoms with van der Waals surface area (Å²) in [5, 5.41) is 0. The number of hydrogen-bond donors (Lipinski definition) is 0. The molecule has 0 radical (unpaired) electrons. The number of rotatable bonds is 4. The van der Waals surface area contributed by atoms with Crippen LogP contribution in [0.5, 0.6) is 0 Å². The van der Waals surface area contributed by atoms with E-state index in [1.54, 1.807) is 0 Å². The van der Waals surface area contributed by atoms with Gasteiger partial charge in [-0.2, -0.15) is 4.31 Å². The standard InChI is InChI=1S/C17H27N3O3S/c1-24(22,23)20-13-11-18(12-14-20)16(21)15-17(7-3-2-4-8-17)19-9-5-6-10-19/h5-6,9-10H,2-4,7-8,11-15H2,1H3. The van der Waals surface area contributed by atoms with Crippen LogP contribution in [0.3, 0.4) is 0 Å². The van der Waals surface area contributed by atoms with E-state index >= 15 is 0 Å². The third kappa shape index (κ3) is 3.67. The second-order valence-electron chi connectivity index (χ2n) is 7.09. The molecule has 1 aromatic heterocycles. The molecule has 134 valence electrons. The molecule has 1 amide bonds. The number of carbonyl (C=O) groups is 1. The summed E-state index contributed by atoms with van der Waals surface area (Å²) in [5.41, 5.74) is -0.104. The highest BCUT2D eigenvalue weighted by atomic mass is 32.2. The number of amides is 1. The Morgan fingerprint density at radius 3 is 2.12 bits per heavy atom. The van der Waals surface area contributed by atoms with Crippen molar-refractivity contribution in [3.8, 4) is 0 Å². The van der Waals surface area contributed by atoms with Crippen LogP contribution < -0.4 is 0 Å². The molecule has 1 aliphatic heterocycles. The Labute approximate surface area is 144 Å². The van der Waals surface area contributed by atoms with Gasteiger partial charge in [-0.3, -0.25) is 4.79 Å². The lowest BCUT2D eigenvalue weighted by atomic mass is 9.78. The summed E-state index contributed by atoms with van der Waals surface area (Å²) in [6, 6.07) is 4.04. The van der Waals surface area contributed by atoms with Gasteiger partial charge in [0.2, 0.25) is 15.9 Å². The zero-order valence-corrected chi connectivity index (χ0v) is 15.2. The molecule has 2 fully saturated rings. The predicted molar refractivity (Wildman–Crippen MR) is 93.1 cm³/mol. The third-order valence-electron chi connectivity index (χ3n) is 5.48. The molecule has 0 bridgehead atoms. The minimum absolute atomic E-state index is 0.104. The zero-order valence-electron chi connectivity index (χ0n) is 14.4. The second kappa shape index (κ2) is 6.88. The van der Waals surface area contributed by atoms with Gasteiger partial charge in [0, 0.05) is 38.6 Å². The van der Waals surface area contributed by atoms with Crippen LogP contribution in [0.4, 0.5) is 0 Å². The average molecular weight is 353 g/mol. The molecule has 0 atom stereocenters. The molecule has 2 heterocycles. The van der Waals surface area contributed by atoms with Crippen LogP contribution in [0.1, 0.15) is 38.5 Å². The summed E-state index contributed by atoms with van der Waals surface area (Å²) in [4.78, 5) is 14.7. The minimum atomic E-state index is -3.16. The highest BCUT2D eigenvalue weighted by Gasteiger charge is 2.37. The van der Waals surface area contributed by atoms with Crippen molar-refractivity contribution >= 4 is 15.9 Å². The molecule has 24 heavy (non-hydrogen) atoms. The number of nitrogens with zero attached hydrogens (tertiary/aromatic N) is 3. The van der Waals surface area contributed by atoms with E-state index in [4.69, 9.17) is 0 Å². The maximum Gasteiger partial charge on any atom is 0.225 e. The van der Waals surface area contributed by atoms with Gasteiger partial charge in [0.25, 0.3) is 0 Å². The fourth-order valence-corrected chi connectivity index (χ4v) is 4.88. The molecule has 6 nitrogen and oxygen atoms in total. The van der Waals surface area contributed by atoms with Crippen molar-refractivity contribution in [1.82, 2.24) is 13.8 Å². The van der Waals surface area contributed by atoms with Gasteiger partial charge in [-0.05, 0) is 25.0 Å². The van der Waals surface area contributed by atoms with Crippen molar-refractivity contribution in [2.24, 2.45) is 0 Å². The summed E-state index contributed by atoms with van der Waals surface area (Å²) in [7, 11) is -3.16. The lowest BCUT2D eigenvalue weighted by Crippen LogP contribution is -2.52. The molecule has 2 aliphatic rings. The first-order chi connectivity index (χ1) is 11.4. The van der Waals surface area contributed by atoms with Gasteiger partial charge in [0.15, 0.2) is 0 Å². The van der Waals surface area contributed by atoms with Gasteiger partial charge < -0.3 is 9.47 Å². The molecule has 7 heteroatoms. The molecule has 0 N–H and O–H groups in total. The Morgan fingerprint density at radius 2 is 1.58 bits per heavy atom. The van der Waals surface area contributed by atoms with E-state index in [1.165, 1.54) is 17.0 Å². The van der Waals surface area contributed by atoms with Crippen molar-refractivity contribution in [2.75, 3.05) is 32.4 Å². The van der Waals surface area contributed by atoms with Crippen LogP contribution in [-0.2, 0) is 20.4 Å². The first kappa shape index (κ1) is 17.5. The first-order valence-corrected chi connectivity index (χ1v) is 10.6. The summed E-state index contributed by atoms with van der Waals surface area (Å²) < 4.78 is 26.9. The van der Waals surface area contributed by atoms with Crippen LogP contribution in [-0.4, -0.2) is 60.5 Å². The monoisotopic (exact) mass is 353 g/mol. The lowest BCUT2D eigenvalue weighted by Gasteiger charge is -2.41. The van der Waals surface area contributed by atoms with E-state index in [0.717, 1.165) is 25.7 Å². The van der Waals surface area contributed by atoms with Crippen molar-refractivity contribution < 1.29 is 13.2 Å². The molecule has 3 rings (SSSR count). The van der Waals surface area contributed by atoms with Gasteiger partial charge in [-0.25, -0.2) is 8.42 Å². The summed E-state index contributed by atoms with van der Waals surface area (Å²) >= 11 is 0. The lowest BCUT2D eigenvalue weighted by molar-refractivity contribution is -0.135. The van der Waals surface area contributed by atoms with Crippen molar-refractivity contribution in [1.29, 1.82) is 0 Å². The van der Waals surface area contributed by atoms with Gasteiger partial charge in [-0.15, -0.1) is 0 Å². The largest absolute Gasteiger partial charge is 0.348 e. The second-order valence-corrected chi connectivity index (χ2v) is 9.08. The van der Waals surface area contributed by atoms with Gasteiger partial charge in [0.05, 0.1) is 18.2 Å². The fourth-order valence-electron chi connectivity index (χ4n) is 4.05. The number of aromatic nitrogens is 1. The molecular formula is C17H27N3O3S. The molecule has 1 saturated heterocycles. The van der Waals surface area contributed by atoms with E-state index in [9.17, 15) is 13.2 Å². The summed E-state index contributed by atoms with van der Waals surface area (Å²) in [6.07, 6.45) is 11.5. The topological polar surface area (TPSA) is 62.6 Å². The normalized spacial score (nSPS) is 22.5. The minimum Gasteiger partial charge on any atom is -0.348 e. The summed E-state index contributed by atoms with van der Waals surface area (Å²) in [6.45, 7) is 1.80. The van der Waals surface area contributed by atoms with Gasteiger partial charge in [-0.1, -0.05) is 19.3 Å². The maximum atomic E-state index is 12.9. The number of piperazine rings is 1. The van der Waals surface area contributed by atoms with Crippen molar-refractivity contribution in [3.05, 3.63) is 24.5 Å². The predicted octanol–water partition coefficient (Wildman–Crippen LogP) is 1.64. The Balaban J connectivity index is 1.67. The highest BCUT2D eigenvalue weighted by molar-refractivity contribution is 7.88. The zero-order chi connectivity index (χ0) is 17.2. The van der Waals surface area contributed by atoms with E-state index in [-0.39, 0.29) is 11.4 Å².